The average molecular weight is 184 g/mol. The SMILES string of the molecule is O=C[C](=O)[AlH2].O=S(=O)(O)O. The molecule has 0 aliphatic rings. The Morgan fingerprint density at radius 2 is 1.50 bits per heavy atom. The lowest BCUT2D eigenvalue weighted by atomic mass is 10.9. The molecular weight excluding hydrogens is 179 g/mol. The highest BCUT2D eigenvalue weighted by Crippen LogP contribution is 1.59. The van der Waals surface area contributed by atoms with Crippen LogP contribution < -0.4 is 0 Å². The van der Waals surface area contributed by atoms with Crippen LogP contribution in [0.15, 0.2) is 0 Å². The number of hydrogen-bond donors (Lipinski definition) is 2. The van der Waals surface area contributed by atoms with E-state index in [1.165, 1.54) is 0 Å². The van der Waals surface area contributed by atoms with Crippen molar-refractivity contribution in [1.29, 1.82) is 0 Å². The molecule has 6 nitrogen and oxygen atoms in total. The lowest BCUT2D eigenvalue weighted by Crippen LogP contribution is -1.93. The predicted molar refractivity (Wildman–Crippen MR) is 33.8 cm³/mol. The zero-order valence-electron chi connectivity index (χ0n) is 5.01. The minimum absolute atomic E-state index is 0.287. The maximum absolute atomic E-state index is 9.51. The molecule has 2 N–H and O–H groups in total. The van der Waals surface area contributed by atoms with Gasteiger partial charge in [-0.2, -0.15) is 8.42 Å². The summed E-state index contributed by atoms with van der Waals surface area (Å²) in [7, 11) is -4.67. The lowest BCUT2D eigenvalue weighted by Gasteiger charge is -1.68. The molecule has 0 heterocycles. The Labute approximate surface area is 65.2 Å². The quantitative estimate of drug-likeness (QED) is 0.205. The Balaban J connectivity index is 0. The number of aldehydes is 1. The summed E-state index contributed by atoms with van der Waals surface area (Å²) in [5.41, 5.74) is 0. The van der Waals surface area contributed by atoms with Gasteiger partial charge in [-0.25, -0.2) is 0 Å². The van der Waals surface area contributed by atoms with E-state index in [9.17, 15) is 9.59 Å². The molecule has 0 aromatic heterocycles. The van der Waals surface area contributed by atoms with Crippen molar-refractivity contribution in [3.05, 3.63) is 0 Å². The van der Waals surface area contributed by atoms with E-state index < -0.39 is 10.4 Å². The van der Waals surface area contributed by atoms with Gasteiger partial charge in [0.05, 0.1) is 4.65 Å². The topological polar surface area (TPSA) is 109 Å². The van der Waals surface area contributed by atoms with Crippen molar-refractivity contribution in [3.63, 3.8) is 0 Å². The van der Waals surface area contributed by atoms with Crippen molar-refractivity contribution in [2.75, 3.05) is 0 Å². The van der Waals surface area contributed by atoms with E-state index in [1.54, 1.807) is 0 Å². The summed E-state index contributed by atoms with van der Waals surface area (Å²) in [4.78, 5) is 18.7. The minimum Gasteiger partial charge on any atom is -0.314 e. The van der Waals surface area contributed by atoms with Crippen LogP contribution in [-0.2, 0) is 20.0 Å². The van der Waals surface area contributed by atoms with Crippen LogP contribution in [0.1, 0.15) is 0 Å². The Bertz CT molecular complexity index is 196. The summed E-state index contributed by atoms with van der Waals surface area (Å²) < 4.78 is 31.3. The lowest BCUT2D eigenvalue weighted by molar-refractivity contribution is -0.124. The summed E-state index contributed by atoms with van der Waals surface area (Å²) in [6.07, 6.45) is 0.340. The molecule has 0 aromatic rings. The minimum atomic E-state index is -4.67. The smallest absolute Gasteiger partial charge is 0.314 e. The molecule has 58 valence electrons. The maximum Gasteiger partial charge on any atom is 0.394 e. The number of rotatable bonds is 1. The van der Waals surface area contributed by atoms with Crippen LogP contribution in [-0.4, -0.2) is 44.7 Å². The molecule has 0 rings (SSSR count). The Hall–Kier alpha value is -0.258. The van der Waals surface area contributed by atoms with Crippen LogP contribution in [0.5, 0.6) is 0 Å². The van der Waals surface area contributed by atoms with Crippen LogP contribution >= 0.6 is 0 Å². The molecular formula is C2H5AlO6S. The first-order valence-corrected chi connectivity index (χ1v) is 4.32. The van der Waals surface area contributed by atoms with Gasteiger partial charge in [0.1, 0.15) is 0 Å². The Morgan fingerprint density at radius 3 is 1.50 bits per heavy atom. The highest BCUT2D eigenvalue weighted by atomic mass is 32.3. The van der Waals surface area contributed by atoms with Gasteiger partial charge in [0.15, 0.2) is 6.29 Å². The largest absolute Gasteiger partial charge is 0.394 e. The molecule has 0 aromatic carbocycles. The van der Waals surface area contributed by atoms with E-state index in [0.29, 0.717) is 22.6 Å². The molecule has 0 aliphatic carbocycles. The first-order valence-electron chi connectivity index (χ1n) is 1.93. The van der Waals surface area contributed by atoms with Crippen molar-refractivity contribution in [1.82, 2.24) is 0 Å². The molecule has 0 saturated heterocycles. The summed E-state index contributed by atoms with van der Waals surface area (Å²) in [6.45, 7) is 0. The van der Waals surface area contributed by atoms with Gasteiger partial charge in [-0.1, -0.05) is 0 Å². The fourth-order valence-electron chi connectivity index (χ4n) is 0. The molecule has 0 fully saturated rings. The van der Waals surface area contributed by atoms with Gasteiger partial charge in [0.25, 0.3) is 0 Å². The van der Waals surface area contributed by atoms with Crippen LogP contribution in [0.4, 0.5) is 0 Å². The fourth-order valence-corrected chi connectivity index (χ4v) is 0. The van der Waals surface area contributed by atoms with Crippen molar-refractivity contribution in [3.8, 4) is 0 Å². The molecule has 0 spiro atoms. The normalized spacial score (nSPS) is 9.00. The van der Waals surface area contributed by atoms with Crippen LogP contribution in [0.2, 0.25) is 0 Å². The van der Waals surface area contributed by atoms with Gasteiger partial charge in [0, 0.05) is 0 Å². The first-order chi connectivity index (χ1) is 4.27. The summed E-state index contributed by atoms with van der Waals surface area (Å²) in [5, 5.41) is 0. The van der Waals surface area contributed by atoms with Gasteiger partial charge in [0.2, 0.25) is 0 Å². The first kappa shape index (κ1) is 12.4. The third-order valence-electron chi connectivity index (χ3n) is 0.166. The van der Waals surface area contributed by atoms with Crippen LogP contribution in [0.3, 0.4) is 0 Å². The van der Waals surface area contributed by atoms with Crippen LogP contribution in [0.25, 0.3) is 0 Å². The van der Waals surface area contributed by atoms with Crippen molar-refractivity contribution in [2.45, 2.75) is 0 Å². The Kier molecular flexibility index (Phi) is 6.86. The monoisotopic (exact) mass is 184 g/mol. The van der Waals surface area contributed by atoms with Gasteiger partial charge < -0.3 is 4.79 Å². The molecule has 0 atom stereocenters. The number of carbonyl (C=O) groups excluding carboxylic acids is 2. The summed E-state index contributed by atoms with van der Waals surface area (Å²) >= 11 is 0.363. The molecule has 8 heteroatoms. The molecule has 0 unspecified atom stereocenters. The van der Waals surface area contributed by atoms with Gasteiger partial charge in [-0.05, 0) is 0 Å². The van der Waals surface area contributed by atoms with Gasteiger partial charge >= 0.3 is 26.7 Å². The standard InChI is InChI=1S/C2HO2.Al.H2O4S.2H/c3-1-2-4;;1-5(2,3)4;;/h1H;;(H2,1,2,3,4);;. The molecule has 0 bridgehead atoms. The zero-order valence-corrected chi connectivity index (χ0v) is 7.83. The highest BCUT2D eigenvalue weighted by molar-refractivity contribution is 7.79. The second kappa shape index (κ2) is 5.52. The van der Waals surface area contributed by atoms with Crippen LogP contribution in [0, 0.1) is 0 Å². The third kappa shape index (κ3) is 116. The zero-order chi connectivity index (χ0) is 8.78. The molecule has 0 radical (unpaired) electrons. The van der Waals surface area contributed by atoms with E-state index in [-0.39, 0.29) is 4.65 Å². The number of hydrogen-bond acceptors (Lipinski definition) is 4. The van der Waals surface area contributed by atoms with Crippen molar-refractivity contribution < 1.29 is 27.1 Å². The highest BCUT2D eigenvalue weighted by Gasteiger charge is 1.84. The van der Waals surface area contributed by atoms with Gasteiger partial charge in [-0.15, -0.1) is 0 Å². The second-order valence-corrected chi connectivity index (χ2v) is 3.06. The van der Waals surface area contributed by atoms with Crippen molar-refractivity contribution in [2.24, 2.45) is 0 Å². The Morgan fingerprint density at radius 1 is 1.40 bits per heavy atom. The molecule has 10 heavy (non-hydrogen) atoms. The molecule has 0 saturated carbocycles. The molecule has 0 aliphatic heterocycles. The average Bonchev–Trinajstić information content (AvgIpc) is 1.61. The van der Waals surface area contributed by atoms with E-state index in [2.05, 4.69) is 0 Å². The van der Waals surface area contributed by atoms with E-state index in [4.69, 9.17) is 17.5 Å². The van der Waals surface area contributed by atoms with E-state index in [1.807, 2.05) is 0 Å². The van der Waals surface area contributed by atoms with Gasteiger partial charge in [-0.3, -0.25) is 13.9 Å². The number of carbonyl (C=O) groups is 2. The maximum atomic E-state index is 9.51. The van der Waals surface area contributed by atoms with Crippen molar-refractivity contribution >= 4 is 37.6 Å². The summed E-state index contributed by atoms with van der Waals surface area (Å²) in [5.74, 6) is 0. The second-order valence-electron chi connectivity index (χ2n) is 1.18. The van der Waals surface area contributed by atoms with E-state index in [0.717, 1.165) is 0 Å². The van der Waals surface area contributed by atoms with E-state index >= 15 is 0 Å². The predicted octanol–water partition coefficient (Wildman–Crippen LogP) is -2.31. The third-order valence-corrected chi connectivity index (χ3v) is 0.402. The fraction of sp³-hybridized carbons (Fsp3) is 0. The molecule has 0 amide bonds. The summed E-state index contributed by atoms with van der Waals surface area (Å²) in [6, 6.07) is 0.